The number of aliphatic hydroxyl groups excluding tert-OH is 1. The Labute approximate surface area is 134 Å². The lowest BCUT2D eigenvalue weighted by molar-refractivity contribution is 0.268. The van der Waals surface area contributed by atoms with Crippen LogP contribution < -0.4 is 4.90 Å². The summed E-state index contributed by atoms with van der Waals surface area (Å²) in [5, 5.41) is 15.0. The van der Waals surface area contributed by atoms with Crippen molar-refractivity contribution in [3.63, 3.8) is 0 Å². The van der Waals surface area contributed by atoms with Crippen LogP contribution in [0.2, 0.25) is 10.0 Å². The maximum absolute atomic E-state index is 9.14. The molecule has 1 N–H and O–H groups in total. The summed E-state index contributed by atoms with van der Waals surface area (Å²) in [5.74, 6) is 0.900. The summed E-state index contributed by atoms with van der Waals surface area (Å²) in [4.78, 5) is 1.97. The molecule has 1 aromatic carbocycles. The molecule has 0 aliphatic heterocycles. The minimum Gasteiger partial charge on any atom is -0.394 e. The second-order valence-electron chi connectivity index (χ2n) is 5.18. The lowest BCUT2D eigenvalue weighted by atomic mass is 10.0. The molecule has 1 aromatic heterocycles. The third-order valence-corrected chi connectivity index (χ3v) is 3.78. The smallest absolute Gasteiger partial charge is 0.153 e. The van der Waals surface area contributed by atoms with Crippen molar-refractivity contribution in [2.45, 2.75) is 19.9 Å². The van der Waals surface area contributed by atoms with Crippen LogP contribution in [0, 0.1) is 6.92 Å². The van der Waals surface area contributed by atoms with Crippen LogP contribution in [0.25, 0.3) is 0 Å². The second kappa shape index (κ2) is 6.69. The third kappa shape index (κ3) is 3.70. The highest BCUT2D eigenvalue weighted by Crippen LogP contribution is 2.27. The van der Waals surface area contributed by atoms with Crippen molar-refractivity contribution in [1.82, 2.24) is 9.78 Å². The first kappa shape index (κ1) is 16.1. The molecule has 2 rings (SSSR count). The van der Waals surface area contributed by atoms with E-state index in [0.29, 0.717) is 23.0 Å². The van der Waals surface area contributed by atoms with Gasteiger partial charge in [-0.05, 0) is 30.7 Å². The topological polar surface area (TPSA) is 41.3 Å². The molecule has 0 aliphatic rings. The standard InChI is InChI=1S/C15H19Cl2N3O/c1-10-14(8-11-6-12(16)9-13(17)7-11)15(19(2)3)18-20(10)4-5-21/h6-7,9,21H,4-5,8H2,1-3H3. The summed E-state index contributed by atoms with van der Waals surface area (Å²) in [5.41, 5.74) is 3.21. The van der Waals surface area contributed by atoms with Crippen molar-refractivity contribution in [3.8, 4) is 0 Å². The van der Waals surface area contributed by atoms with E-state index in [9.17, 15) is 0 Å². The minimum absolute atomic E-state index is 0.0673. The maximum Gasteiger partial charge on any atom is 0.153 e. The first-order valence-corrected chi connectivity index (χ1v) is 7.47. The predicted octanol–water partition coefficient (Wildman–Crippen LogP) is 3.15. The van der Waals surface area contributed by atoms with E-state index in [2.05, 4.69) is 5.10 Å². The molecule has 0 atom stereocenters. The number of anilines is 1. The molecule has 0 unspecified atom stereocenters. The SMILES string of the molecule is Cc1c(Cc2cc(Cl)cc(Cl)c2)c(N(C)C)nn1CCO. The molecular weight excluding hydrogens is 309 g/mol. The van der Waals surface area contributed by atoms with Crippen molar-refractivity contribution in [2.75, 3.05) is 25.6 Å². The van der Waals surface area contributed by atoms with Crippen molar-refractivity contribution >= 4 is 29.0 Å². The molecule has 21 heavy (non-hydrogen) atoms. The van der Waals surface area contributed by atoms with Crippen LogP contribution >= 0.6 is 23.2 Å². The van der Waals surface area contributed by atoms with Crippen LogP contribution in [0.5, 0.6) is 0 Å². The highest BCUT2D eigenvalue weighted by atomic mass is 35.5. The van der Waals surface area contributed by atoms with Crippen molar-refractivity contribution < 1.29 is 5.11 Å². The number of halogens is 2. The van der Waals surface area contributed by atoms with Crippen molar-refractivity contribution in [2.24, 2.45) is 0 Å². The third-order valence-electron chi connectivity index (χ3n) is 3.35. The number of aromatic nitrogens is 2. The molecule has 114 valence electrons. The monoisotopic (exact) mass is 327 g/mol. The van der Waals surface area contributed by atoms with Gasteiger partial charge in [0.05, 0.1) is 13.2 Å². The first-order chi connectivity index (χ1) is 9.92. The zero-order valence-corrected chi connectivity index (χ0v) is 13.9. The fourth-order valence-corrected chi connectivity index (χ4v) is 2.93. The summed E-state index contributed by atoms with van der Waals surface area (Å²) in [6.07, 6.45) is 0.699. The number of hydrogen-bond acceptors (Lipinski definition) is 3. The van der Waals surface area contributed by atoms with E-state index in [1.165, 1.54) is 0 Å². The molecule has 6 heteroatoms. The Morgan fingerprint density at radius 2 is 1.81 bits per heavy atom. The molecule has 1 heterocycles. The molecule has 0 saturated carbocycles. The van der Waals surface area contributed by atoms with E-state index in [1.807, 2.05) is 42.7 Å². The van der Waals surface area contributed by atoms with Gasteiger partial charge in [-0.3, -0.25) is 4.68 Å². The largest absolute Gasteiger partial charge is 0.394 e. The summed E-state index contributed by atoms with van der Waals surface area (Å²) in [6.45, 7) is 2.57. The van der Waals surface area contributed by atoms with E-state index in [-0.39, 0.29) is 6.61 Å². The summed E-state index contributed by atoms with van der Waals surface area (Å²) in [6, 6.07) is 5.55. The van der Waals surface area contributed by atoms with Gasteiger partial charge in [-0.15, -0.1) is 0 Å². The molecule has 2 aromatic rings. The molecule has 0 saturated heterocycles. The maximum atomic E-state index is 9.14. The minimum atomic E-state index is 0.0673. The Morgan fingerprint density at radius 1 is 1.19 bits per heavy atom. The summed E-state index contributed by atoms with van der Waals surface area (Å²) < 4.78 is 1.83. The highest BCUT2D eigenvalue weighted by Gasteiger charge is 2.16. The fourth-order valence-electron chi connectivity index (χ4n) is 2.36. The van der Waals surface area contributed by atoms with Gasteiger partial charge in [-0.2, -0.15) is 5.10 Å². The quantitative estimate of drug-likeness (QED) is 0.917. The molecular formula is C15H19Cl2N3O. The molecule has 0 fully saturated rings. The van der Waals surface area contributed by atoms with Gasteiger partial charge in [0.1, 0.15) is 0 Å². The number of aliphatic hydroxyl groups is 1. The van der Waals surface area contributed by atoms with Gasteiger partial charge < -0.3 is 10.0 Å². The Hall–Kier alpha value is -1.23. The Kier molecular flexibility index (Phi) is 5.14. The van der Waals surface area contributed by atoms with Gasteiger partial charge in [0.15, 0.2) is 5.82 Å². The van der Waals surface area contributed by atoms with Crippen molar-refractivity contribution in [3.05, 3.63) is 45.1 Å². The van der Waals surface area contributed by atoms with Gasteiger partial charge in [0, 0.05) is 41.8 Å². The lowest BCUT2D eigenvalue weighted by Gasteiger charge is -2.12. The normalized spacial score (nSPS) is 11.0. The number of nitrogens with zero attached hydrogens (tertiary/aromatic N) is 3. The van der Waals surface area contributed by atoms with Crippen LogP contribution in [-0.2, 0) is 13.0 Å². The summed E-state index contributed by atoms with van der Waals surface area (Å²) >= 11 is 12.1. The van der Waals surface area contributed by atoms with Crippen LogP contribution in [0.3, 0.4) is 0 Å². The van der Waals surface area contributed by atoms with Gasteiger partial charge in [-0.25, -0.2) is 0 Å². The van der Waals surface area contributed by atoms with Gasteiger partial charge in [0.2, 0.25) is 0 Å². The fraction of sp³-hybridized carbons (Fsp3) is 0.400. The molecule has 0 bridgehead atoms. The highest BCUT2D eigenvalue weighted by molar-refractivity contribution is 6.34. The van der Waals surface area contributed by atoms with Crippen LogP contribution in [0.15, 0.2) is 18.2 Å². The van der Waals surface area contributed by atoms with Gasteiger partial charge >= 0.3 is 0 Å². The second-order valence-corrected chi connectivity index (χ2v) is 6.06. The zero-order chi connectivity index (χ0) is 15.6. The average molecular weight is 328 g/mol. The Bertz CT molecular complexity index is 618. The Balaban J connectivity index is 2.42. The molecule has 0 aliphatic carbocycles. The zero-order valence-electron chi connectivity index (χ0n) is 12.4. The Morgan fingerprint density at radius 3 is 2.33 bits per heavy atom. The van der Waals surface area contributed by atoms with Crippen molar-refractivity contribution in [1.29, 1.82) is 0 Å². The van der Waals surface area contributed by atoms with Gasteiger partial charge in [0.25, 0.3) is 0 Å². The molecule has 0 radical (unpaired) electrons. The first-order valence-electron chi connectivity index (χ1n) is 6.71. The average Bonchev–Trinajstić information content (AvgIpc) is 2.67. The molecule has 4 nitrogen and oxygen atoms in total. The van der Waals surface area contributed by atoms with Gasteiger partial charge in [-0.1, -0.05) is 23.2 Å². The predicted molar refractivity (Wildman–Crippen MR) is 87.6 cm³/mol. The lowest BCUT2D eigenvalue weighted by Crippen LogP contribution is -2.12. The number of hydrogen-bond donors (Lipinski definition) is 1. The van der Waals surface area contributed by atoms with E-state index in [4.69, 9.17) is 28.3 Å². The molecule has 0 spiro atoms. The number of benzene rings is 1. The molecule has 0 amide bonds. The summed E-state index contributed by atoms with van der Waals surface area (Å²) in [7, 11) is 3.92. The van der Waals surface area contributed by atoms with E-state index in [0.717, 1.165) is 22.6 Å². The van der Waals surface area contributed by atoms with E-state index >= 15 is 0 Å². The van der Waals surface area contributed by atoms with E-state index < -0.39 is 0 Å². The van der Waals surface area contributed by atoms with Crippen LogP contribution in [0.1, 0.15) is 16.8 Å². The van der Waals surface area contributed by atoms with E-state index in [1.54, 1.807) is 6.07 Å². The number of rotatable bonds is 5. The van der Waals surface area contributed by atoms with Crippen LogP contribution in [0.4, 0.5) is 5.82 Å². The van der Waals surface area contributed by atoms with Crippen LogP contribution in [-0.4, -0.2) is 35.6 Å².